The van der Waals surface area contributed by atoms with Gasteiger partial charge in [0.05, 0.1) is 11.2 Å². The van der Waals surface area contributed by atoms with Gasteiger partial charge in [0, 0.05) is 29.2 Å². The third kappa shape index (κ3) is 3.29. The highest BCUT2D eigenvalue weighted by Crippen LogP contribution is 2.38. The van der Waals surface area contributed by atoms with Crippen molar-refractivity contribution in [3.05, 3.63) is 51.2 Å². The molecule has 1 aromatic carbocycles. The van der Waals surface area contributed by atoms with E-state index in [9.17, 15) is 4.79 Å². The SMILES string of the molecule is Cc1cc(=O)c2cc(C=C(CN)B3OC(C)(C)C(C)(C)O3)ccc2[nH]1. The van der Waals surface area contributed by atoms with Crippen molar-refractivity contribution < 1.29 is 9.31 Å². The number of aryl methyl sites for hydroxylation is 1. The molecular weight excluding hydrogens is 315 g/mol. The Morgan fingerprint density at radius 1 is 1.20 bits per heavy atom. The Bertz CT molecular complexity index is 883. The van der Waals surface area contributed by atoms with Crippen LogP contribution in [0.5, 0.6) is 0 Å². The second-order valence-electron chi connectivity index (χ2n) is 7.63. The molecule has 0 amide bonds. The molecule has 25 heavy (non-hydrogen) atoms. The summed E-state index contributed by atoms with van der Waals surface area (Å²) < 4.78 is 12.2. The van der Waals surface area contributed by atoms with Gasteiger partial charge in [-0.05, 0) is 57.8 Å². The van der Waals surface area contributed by atoms with E-state index in [2.05, 4.69) is 4.98 Å². The van der Waals surface area contributed by atoms with Crippen molar-refractivity contribution in [1.82, 2.24) is 4.98 Å². The Hall–Kier alpha value is -1.89. The van der Waals surface area contributed by atoms with E-state index in [0.717, 1.165) is 22.2 Å². The lowest BCUT2D eigenvalue weighted by Gasteiger charge is -2.32. The van der Waals surface area contributed by atoms with Gasteiger partial charge in [0.25, 0.3) is 0 Å². The summed E-state index contributed by atoms with van der Waals surface area (Å²) >= 11 is 0. The average molecular weight is 340 g/mol. The summed E-state index contributed by atoms with van der Waals surface area (Å²) in [7, 11) is -0.484. The van der Waals surface area contributed by atoms with E-state index in [4.69, 9.17) is 15.0 Å². The molecule has 1 fully saturated rings. The average Bonchev–Trinajstić information content (AvgIpc) is 2.73. The molecular formula is C19H25BN2O3. The quantitative estimate of drug-likeness (QED) is 0.843. The summed E-state index contributed by atoms with van der Waals surface area (Å²) in [6.45, 7) is 10.2. The predicted molar refractivity (Wildman–Crippen MR) is 102 cm³/mol. The van der Waals surface area contributed by atoms with Crippen LogP contribution in [0, 0.1) is 6.92 Å². The van der Waals surface area contributed by atoms with Crippen molar-refractivity contribution in [1.29, 1.82) is 0 Å². The molecule has 0 unspecified atom stereocenters. The van der Waals surface area contributed by atoms with Gasteiger partial charge in [-0.3, -0.25) is 4.79 Å². The Morgan fingerprint density at radius 2 is 1.84 bits per heavy atom. The summed E-state index contributed by atoms with van der Waals surface area (Å²) in [6, 6.07) is 7.34. The molecule has 0 saturated carbocycles. The summed E-state index contributed by atoms with van der Waals surface area (Å²) in [5.74, 6) is 0. The second-order valence-corrected chi connectivity index (χ2v) is 7.63. The number of hydrogen-bond donors (Lipinski definition) is 2. The van der Waals surface area contributed by atoms with Gasteiger partial charge in [-0.1, -0.05) is 12.1 Å². The highest BCUT2D eigenvalue weighted by molar-refractivity contribution is 6.55. The zero-order valence-electron chi connectivity index (χ0n) is 15.5. The Kier molecular flexibility index (Phi) is 4.39. The van der Waals surface area contributed by atoms with Gasteiger partial charge in [0.2, 0.25) is 0 Å². The maximum Gasteiger partial charge on any atom is 0.491 e. The molecule has 6 heteroatoms. The second kappa shape index (κ2) is 6.13. The van der Waals surface area contributed by atoms with Gasteiger partial charge in [0.15, 0.2) is 5.43 Å². The molecule has 1 aliphatic heterocycles. The first kappa shape index (κ1) is 17.9. The largest absolute Gasteiger partial charge is 0.491 e. The van der Waals surface area contributed by atoms with E-state index >= 15 is 0 Å². The predicted octanol–water partition coefficient (Wildman–Crippen LogP) is 2.81. The first-order valence-corrected chi connectivity index (χ1v) is 8.53. The van der Waals surface area contributed by atoms with Crippen molar-refractivity contribution in [2.75, 3.05) is 6.54 Å². The minimum Gasteiger partial charge on any atom is -0.400 e. The van der Waals surface area contributed by atoms with Crippen LogP contribution in [0.2, 0.25) is 0 Å². The van der Waals surface area contributed by atoms with Crippen LogP contribution in [-0.4, -0.2) is 29.8 Å². The fourth-order valence-corrected chi connectivity index (χ4v) is 2.92. The maximum absolute atomic E-state index is 12.2. The van der Waals surface area contributed by atoms with Crippen LogP contribution in [0.3, 0.4) is 0 Å². The third-order valence-corrected chi connectivity index (χ3v) is 5.13. The minimum atomic E-state index is -0.484. The number of H-pyrrole nitrogens is 1. The fraction of sp³-hybridized carbons (Fsp3) is 0.421. The first-order valence-electron chi connectivity index (χ1n) is 8.53. The molecule has 1 saturated heterocycles. The van der Waals surface area contributed by atoms with Gasteiger partial charge in [-0.2, -0.15) is 0 Å². The molecule has 0 atom stereocenters. The summed E-state index contributed by atoms with van der Waals surface area (Å²) in [4.78, 5) is 15.4. The molecule has 0 spiro atoms. The molecule has 0 bridgehead atoms. The Balaban J connectivity index is 1.98. The molecule has 2 heterocycles. The van der Waals surface area contributed by atoms with Gasteiger partial charge < -0.3 is 20.0 Å². The van der Waals surface area contributed by atoms with Crippen molar-refractivity contribution in [3.63, 3.8) is 0 Å². The molecule has 1 aromatic heterocycles. The molecule has 3 rings (SSSR count). The summed E-state index contributed by atoms with van der Waals surface area (Å²) in [5.41, 5.74) is 8.55. The molecule has 2 aromatic rings. The Labute approximate surface area is 148 Å². The number of benzene rings is 1. The summed E-state index contributed by atoms with van der Waals surface area (Å²) in [6.07, 6.45) is 1.95. The zero-order chi connectivity index (χ0) is 18.4. The first-order chi connectivity index (χ1) is 11.6. The van der Waals surface area contributed by atoms with E-state index in [1.165, 1.54) is 0 Å². The number of aromatic amines is 1. The molecule has 3 N–H and O–H groups in total. The van der Waals surface area contributed by atoms with Crippen molar-refractivity contribution >= 4 is 24.1 Å². The lowest BCUT2D eigenvalue weighted by molar-refractivity contribution is 0.00578. The highest BCUT2D eigenvalue weighted by Gasteiger charge is 2.52. The molecule has 1 aliphatic rings. The Morgan fingerprint density at radius 3 is 2.44 bits per heavy atom. The van der Waals surface area contributed by atoms with Crippen LogP contribution in [-0.2, 0) is 9.31 Å². The van der Waals surface area contributed by atoms with E-state index in [1.807, 2.05) is 58.9 Å². The standard InChI is InChI=1S/C19H25BN2O3/c1-12-8-17(23)15-10-13(6-7-16(15)22-12)9-14(11-21)20-24-18(2,3)19(4,5)25-20/h6-10H,11,21H2,1-5H3,(H,22,23). The van der Waals surface area contributed by atoms with Crippen LogP contribution in [0.4, 0.5) is 0 Å². The number of hydrogen-bond acceptors (Lipinski definition) is 4. The lowest BCUT2D eigenvalue weighted by Crippen LogP contribution is -2.41. The van der Waals surface area contributed by atoms with Crippen LogP contribution in [0.25, 0.3) is 17.0 Å². The molecule has 0 radical (unpaired) electrons. The van der Waals surface area contributed by atoms with E-state index in [0.29, 0.717) is 11.9 Å². The van der Waals surface area contributed by atoms with Crippen LogP contribution >= 0.6 is 0 Å². The minimum absolute atomic E-state index is 0.00596. The number of nitrogens with one attached hydrogen (secondary N) is 1. The van der Waals surface area contributed by atoms with Crippen LogP contribution < -0.4 is 11.2 Å². The lowest BCUT2D eigenvalue weighted by atomic mass is 9.77. The topological polar surface area (TPSA) is 77.3 Å². The van der Waals surface area contributed by atoms with E-state index in [-0.39, 0.29) is 5.43 Å². The number of rotatable bonds is 3. The normalized spacial score (nSPS) is 19.6. The van der Waals surface area contributed by atoms with E-state index in [1.54, 1.807) is 6.07 Å². The number of fused-ring (bicyclic) bond motifs is 1. The van der Waals surface area contributed by atoms with Gasteiger partial charge >= 0.3 is 7.12 Å². The molecule has 132 valence electrons. The van der Waals surface area contributed by atoms with Gasteiger partial charge in [0.1, 0.15) is 0 Å². The summed E-state index contributed by atoms with van der Waals surface area (Å²) in [5, 5.41) is 0.657. The smallest absolute Gasteiger partial charge is 0.400 e. The maximum atomic E-state index is 12.2. The van der Waals surface area contributed by atoms with Crippen LogP contribution in [0.1, 0.15) is 39.0 Å². The van der Waals surface area contributed by atoms with E-state index < -0.39 is 18.3 Å². The molecule has 0 aliphatic carbocycles. The fourth-order valence-electron chi connectivity index (χ4n) is 2.92. The zero-order valence-corrected chi connectivity index (χ0v) is 15.5. The van der Waals surface area contributed by atoms with Crippen molar-refractivity contribution in [2.45, 2.75) is 45.8 Å². The van der Waals surface area contributed by atoms with Crippen molar-refractivity contribution in [3.8, 4) is 0 Å². The molecule has 5 nitrogen and oxygen atoms in total. The number of aromatic nitrogens is 1. The van der Waals surface area contributed by atoms with Crippen LogP contribution in [0.15, 0.2) is 34.5 Å². The number of pyridine rings is 1. The monoisotopic (exact) mass is 340 g/mol. The number of nitrogens with two attached hydrogens (primary N) is 1. The third-order valence-electron chi connectivity index (χ3n) is 5.13. The van der Waals surface area contributed by atoms with Gasteiger partial charge in [-0.25, -0.2) is 0 Å². The van der Waals surface area contributed by atoms with Gasteiger partial charge in [-0.15, -0.1) is 0 Å². The van der Waals surface area contributed by atoms with Crippen molar-refractivity contribution in [2.24, 2.45) is 5.73 Å². The highest BCUT2D eigenvalue weighted by atomic mass is 16.7.